The van der Waals surface area contributed by atoms with Crippen LogP contribution in [0.1, 0.15) is 59.4 Å². The van der Waals surface area contributed by atoms with Crippen molar-refractivity contribution in [2.24, 2.45) is 0 Å². The Bertz CT molecular complexity index is 744. The third-order valence-corrected chi connectivity index (χ3v) is 5.08. The quantitative estimate of drug-likeness (QED) is 0.514. The number of nitrogens with one attached hydrogen (secondary N) is 1. The smallest absolute Gasteiger partial charge is 0.408 e. The number of ketones is 1. The largest absolute Gasteiger partial charge is 0.459 e. The van der Waals surface area contributed by atoms with Gasteiger partial charge in [0.15, 0.2) is 11.3 Å². The zero-order valence-corrected chi connectivity index (χ0v) is 18.7. The molecule has 1 heterocycles. The second kappa shape index (κ2) is 10.1. The van der Waals surface area contributed by atoms with E-state index in [0.29, 0.717) is 25.9 Å². The number of carbonyl (C=O) groups is 3. The van der Waals surface area contributed by atoms with Crippen LogP contribution in [0.5, 0.6) is 0 Å². The van der Waals surface area contributed by atoms with Crippen LogP contribution in [0.15, 0.2) is 30.3 Å². The summed E-state index contributed by atoms with van der Waals surface area (Å²) in [6.45, 7) is 10.2. The number of alkyl carbamates (subject to hydrolysis) is 1. The van der Waals surface area contributed by atoms with E-state index in [1.165, 1.54) is 0 Å². The Balaban J connectivity index is 2.20. The van der Waals surface area contributed by atoms with E-state index in [1.54, 1.807) is 27.7 Å². The number of likely N-dealkylation sites (tertiary alicyclic amines) is 1. The number of hydrogen-bond donors (Lipinski definition) is 1. The van der Waals surface area contributed by atoms with Crippen LogP contribution in [-0.2, 0) is 25.7 Å². The molecule has 30 heavy (non-hydrogen) atoms. The van der Waals surface area contributed by atoms with E-state index in [9.17, 15) is 14.4 Å². The van der Waals surface area contributed by atoms with Crippen LogP contribution >= 0.6 is 0 Å². The normalized spacial score (nSPS) is 20.4. The Labute approximate surface area is 179 Å². The zero-order valence-electron chi connectivity index (χ0n) is 18.7. The Morgan fingerprint density at radius 1 is 1.20 bits per heavy atom. The molecule has 0 radical (unpaired) electrons. The molecule has 1 fully saturated rings. The van der Waals surface area contributed by atoms with Gasteiger partial charge in [0, 0.05) is 0 Å². The molecule has 1 saturated heterocycles. The van der Waals surface area contributed by atoms with Gasteiger partial charge in [-0.15, -0.1) is 0 Å². The van der Waals surface area contributed by atoms with E-state index < -0.39 is 29.2 Å². The lowest BCUT2D eigenvalue weighted by Gasteiger charge is -2.36. The van der Waals surface area contributed by atoms with Crippen LogP contribution < -0.4 is 5.32 Å². The fourth-order valence-corrected chi connectivity index (χ4v) is 3.81. The molecule has 1 aromatic rings. The first-order valence-electron chi connectivity index (χ1n) is 10.6. The number of esters is 1. The number of amides is 1. The standard InChI is InChI=1S/C23H34N2O5/c1-6-14-25-15-10-13-23(25,20(27)29-16-18-11-8-7-9-12-18)19(26)17(2)24-21(28)30-22(3,4)5/h7-9,11-12,17H,6,10,13-16H2,1-5H3,(H,24,28)/t17-,23+/m0/s1. The summed E-state index contributed by atoms with van der Waals surface area (Å²) in [5, 5.41) is 2.58. The summed E-state index contributed by atoms with van der Waals surface area (Å²) in [6.07, 6.45) is 1.20. The van der Waals surface area contributed by atoms with Crippen molar-refractivity contribution in [3.05, 3.63) is 35.9 Å². The van der Waals surface area contributed by atoms with Gasteiger partial charge in [-0.25, -0.2) is 9.59 Å². The monoisotopic (exact) mass is 418 g/mol. The summed E-state index contributed by atoms with van der Waals surface area (Å²) < 4.78 is 10.9. The maximum atomic E-state index is 13.5. The average Bonchev–Trinajstić information content (AvgIpc) is 3.09. The van der Waals surface area contributed by atoms with E-state index in [4.69, 9.17) is 9.47 Å². The van der Waals surface area contributed by atoms with Crippen molar-refractivity contribution >= 4 is 17.8 Å². The predicted octanol–water partition coefficient (Wildman–Crippen LogP) is 3.46. The lowest BCUT2D eigenvalue weighted by molar-refractivity contribution is -0.163. The molecular formula is C23H34N2O5. The van der Waals surface area contributed by atoms with Gasteiger partial charge >= 0.3 is 12.1 Å². The summed E-state index contributed by atoms with van der Waals surface area (Å²) in [4.78, 5) is 40.8. The molecule has 0 aliphatic carbocycles. The molecule has 0 spiro atoms. The molecule has 0 bridgehead atoms. The third-order valence-electron chi connectivity index (χ3n) is 5.08. The number of carbonyl (C=O) groups excluding carboxylic acids is 3. The van der Waals surface area contributed by atoms with E-state index >= 15 is 0 Å². The third kappa shape index (κ3) is 5.81. The Morgan fingerprint density at radius 3 is 2.47 bits per heavy atom. The van der Waals surface area contributed by atoms with E-state index in [2.05, 4.69) is 5.32 Å². The minimum atomic E-state index is -1.39. The van der Waals surface area contributed by atoms with Gasteiger partial charge in [0.1, 0.15) is 12.2 Å². The van der Waals surface area contributed by atoms with Gasteiger partial charge in [0.05, 0.1) is 6.04 Å². The highest BCUT2D eigenvalue weighted by atomic mass is 16.6. The number of hydrogen-bond acceptors (Lipinski definition) is 6. The zero-order chi connectivity index (χ0) is 22.4. The first kappa shape index (κ1) is 23.9. The molecule has 0 unspecified atom stereocenters. The van der Waals surface area contributed by atoms with Crippen LogP contribution in [0, 0.1) is 0 Å². The molecule has 1 N–H and O–H groups in total. The molecule has 2 rings (SSSR count). The molecule has 1 amide bonds. The van der Waals surface area contributed by atoms with Gasteiger partial charge in [0.25, 0.3) is 0 Å². The molecule has 0 saturated carbocycles. The Hall–Kier alpha value is -2.41. The first-order chi connectivity index (χ1) is 14.1. The van der Waals surface area contributed by atoms with Crippen LogP contribution in [0.2, 0.25) is 0 Å². The van der Waals surface area contributed by atoms with E-state index in [-0.39, 0.29) is 12.4 Å². The fourth-order valence-electron chi connectivity index (χ4n) is 3.81. The van der Waals surface area contributed by atoms with Crippen molar-refractivity contribution in [2.45, 2.75) is 77.7 Å². The number of ether oxygens (including phenoxy) is 2. The molecule has 7 nitrogen and oxygen atoms in total. The van der Waals surface area contributed by atoms with Crippen molar-refractivity contribution < 1.29 is 23.9 Å². The number of nitrogens with zero attached hydrogens (tertiary/aromatic N) is 1. The number of rotatable bonds is 8. The topological polar surface area (TPSA) is 84.9 Å². The van der Waals surface area contributed by atoms with Crippen LogP contribution in [0.4, 0.5) is 4.79 Å². The summed E-state index contributed by atoms with van der Waals surface area (Å²) in [6, 6.07) is 8.48. The second-order valence-corrected chi connectivity index (χ2v) is 8.74. The minimum absolute atomic E-state index is 0.0997. The Kier molecular flexibility index (Phi) is 8.01. The van der Waals surface area contributed by atoms with Crippen LogP contribution in [-0.4, -0.2) is 53.0 Å². The maximum absolute atomic E-state index is 13.5. The van der Waals surface area contributed by atoms with Gasteiger partial charge < -0.3 is 14.8 Å². The molecule has 0 aromatic heterocycles. The number of Topliss-reactive ketones (excluding diaryl/α,β-unsaturated/α-hetero) is 1. The van der Waals surface area contributed by atoms with E-state index in [0.717, 1.165) is 12.0 Å². The summed E-state index contributed by atoms with van der Waals surface area (Å²) in [5.74, 6) is -0.919. The van der Waals surface area contributed by atoms with E-state index in [1.807, 2.05) is 42.2 Å². The summed E-state index contributed by atoms with van der Waals surface area (Å²) in [5.41, 5.74) is -1.21. The maximum Gasteiger partial charge on any atom is 0.408 e. The van der Waals surface area contributed by atoms with Gasteiger partial charge in [-0.3, -0.25) is 9.69 Å². The highest BCUT2D eigenvalue weighted by molar-refractivity contribution is 6.11. The average molecular weight is 419 g/mol. The highest BCUT2D eigenvalue weighted by Gasteiger charge is 2.55. The van der Waals surface area contributed by atoms with Crippen LogP contribution in [0.3, 0.4) is 0 Å². The molecule has 2 atom stereocenters. The van der Waals surface area contributed by atoms with Crippen molar-refractivity contribution in [1.82, 2.24) is 10.2 Å². The molecule has 1 aliphatic heterocycles. The minimum Gasteiger partial charge on any atom is -0.459 e. The predicted molar refractivity (Wildman–Crippen MR) is 114 cm³/mol. The fraction of sp³-hybridized carbons (Fsp3) is 0.609. The SMILES string of the molecule is CCCN1CCC[C@]1(C(=O)OCc1ccccc1)C(=O)[C@H](C)NC(=O)OC(C)(C)C. The van der Waals surface area contributed by atoms with Crippen molar-refractivity contribution in [2.75, 3.05) is 13.1 Å². The second-order valence-electron chi connectivity index (χ2n) is 8.74. The molecule has 7 heteroatoms. The molecule has 166 valence electrons. The highest BCUT2D eigenvalue weighted by Crippen LogP contribution is 2.33. The van der Waals surface area contributed by atoms with Gasteiger partial charge in [-0.2, -0.15) is 0 Å². The van der Waals surface area contributed by atoms with Gasteiger partial charge in [-0.05, 0) is 65.6 Å². The first-order valence-corrected chi connectivity index (χ1v) is 10.6. The Morgan fingerprint density at radius 2 is 1.87 bits per heavy atom. The molecular weight excluding hydrogens is 384 g/mol. The lowest BCUT2D eigenvalue weighted by atomic mass is 9.86. The summed E-state index contributed by atoms with van der Waals surface area (Å²) in [7, 11) is 0. The lowest BCUT2D eigenvalue weighted by Crippen LogP contribution is -2.62. The van der Waals surface area contributed by atoms with Gasteiger partial charge in [0.2, 0.25) is 0 Å². The summed E-state index contributed by atoms with van der Waals surface area (Å²) >= 11 is 0. The number of benzene rings is 1. The molecule has 1 aromatic carbocycles. The van der Waals surface area contributed by atoms with Crippen molar-refractivity contribution in [3.8, 4) is 0 Å². The van der Waals surface area contributed by atoms with Crippen molar-refractivity contribution in [1.29, 1.82) is 0 Å². The van der Waals surface area contributed by atoms with Crippen LogP contribution in [0.25, 0.3) is 0 Å². The molecule has 1 aliphatic rings. The van der Waals surface area contributed by atoms with Gasteiger partial charge in [-0.1, -0.05) is 37.3 Å². The van der Waals surface area contributed by atoms with Crippen molar-refractivity contribution in [3.63, 3.8) is 0 Å².